The summed E-state index contributed by atoms with van der Waals surface area (Å²) in [5.74, 6) is -2.01. The number of ether oxygens (including phenoxy) is 2. The first-order valence-corrected chi connectivity index (χ1v) is 8.04. The van der Waals surface area contributed by atoms with E-state index in [9.17, 15) is 14.7 Å². The number of fused-ring (bicyclic) bond motifs is 2. The Labute approximate surface area is 130 Å². The molecule has 0 aromatic heterocycles. The van der Waals surface area contributed by atoms with Crippen molar-refractivity contribution in [3.63, 3.8) is 0 Å². The topological polar surface area (TPSA) is 72.8 Å². The molecule has 1 aliphatic heterocycles. The molecule has 0 saturated heterocycles. The zero-order valence-electron chi connectivity index (χ0n) is 13.6. The van der Waals surface area contributed by atoms with Crippen molar-refractivity contribution in [3.8, 4) is 0 Å². The number of hydrogen-bond donors (Lipinski definition) is 1. The molecular formula is C17H24O5. The molecule has 3 aliphatic rings. The van der Waals surface area contributed by atoms with E-state index in [1.54, 1.807) is 6.92 Å². The van der Waals surface area contributed by atoms with Crippen LogP contribution in [0.3, 0.4) is 0 Å². The SMILES string of the molecule is CC(=O)OC1C2=C(C)C(=O)OC2(O)CC2CCCC(C)C21C. The first-order valence-electron chi connectivity index (χ1n) is 8.04. The van der Waals surface area contributed by atoms with E-state index < -0.39 is 23.8 Å². The largest absolute Gasteiger partial charge is 0.457 e. The Morgan fingerprint density at radius 1 is 1.41 bits per heavy atom. The van der Waals surface area contributed by atoms with Crippen LogP contribution in [0.2, 0.25) is 0 Å². The van der Waals surface area contributed by atoms with E-state index in [0.717, 1.165) is 19.3 Å². The smallest absolute Gasteiger partial charge is 0.336 e. The number of carbonyl (C=O) groups is 2. The molecule has 0 aromatic carbocycles. The molecule has 5 nitrogen and oxygen atoms in total. The Kier molecular flexibility index (Phi) is 3.40. The van der Waals surface area contributed by atoms with Crippen LogP contribution in [0.5, 0.6) is 0 Å². The highest BCUT2D eigenvalue weighted by Gasteiger charge is 2.64. The van der Waals surface area contributed by atoms with Crippen LogP contribution in [-0.2, 0) is 19.1 Å². The third-order valence-electron chi connectivity index (χ3n) is 6.16. The lowest BCUT2D eigenvalue weighted by molar-refractivity contribution is -0.225. The minimum absolute atomic E-state index is 0.160. The van der Waals surface area contributed by atoms with Crippen molar-refractivity contribution in [2.24, 2.45) is 17.3 Å². The Morgan fingerprint density at radius 3 is 2.73 bits per heavy atom. The zero-order valence-corrected chi connectivity index (χ0v) is 13.6. The fourth-order valence-electron chi connectivity index (χ4n) is 4.73. The highest BCUT2D eigenvalue weighted by atomic mass is 16.7. The van der Waals surface area contributed by atoms with Crippen molar-refractivity contribution in [3.05, 3.63) is 11.1 Å². The van der Waals surface area contributed by atoms with E-state index in [-0.39, 0.29) is 11.3 Å². The summed E-state index contributed by atoms with van der Waals surface area (Å²) in [5, 5.41) is 10.9. The van der Waals surface area contributed by atoms with E-state index in [1.807, 2.05) is 0 Å². The van der Waals surface area contributed by atoms with E-state index in [4.69, 9.17) is 9.47 Å². The van der Waals surface area contributed by atoms with Gasteiger partial charge in [0.15, 0.2) is 0 Å². The normalized spacial score (nSPS) is 44.2. The second-order valence-corrected chi connectivity index (χ2v) is 7.30. The van der Waals surface area contributed by atoms with Gasteiger partial charge in [-0.3, -0.25) is 4.79 Å². The first-order chi connectivity index (χ1) is 10.2. The molecule has 1 heterocycles. The zero-order chi connectivity index (χ0) is 16.3. The maximum absolute atomic E-state index is 12.0. The number of esters is 2. The molecule has 5 unspecified atom stereocenters. The van der Waals surface area contributed by atoms with E-state index in [0.29, 0.717) is 23.5 Å². The maximum Gasteiger partial charge on any atom is 0.336 e. The monoisotopic (exact) mass is 308 g/mol. The lowest BCUT2D eigenvalue weighted by Gasteiger charge is -2.56. The van der Waals surface area contributed by atoms with Crippen molar-refractivity contribution >= 4 is 11.9 Å². The van der Waals surface area contributed by atoms with Gasteiger partial charge in [0.05, 0.1) is 5.57 Å². The van der Waals surface area contributed by atoms with Crippen LogP contribution in [0.4, 0.5) is 0 Å². The quantitative estimate of drug-likeness (QED) is 0.753. The Bertz CT molecular complexity index is 565. The Morgan fingerprint density at radius 2 is 2.09 bits per heavy atom. The van der Waals surface area contributed by atoms with E-state index >= 15 is 0 Å². The molecule has 2 saturated carbocycles. The molecule has 5 heteroatoms. The molecule has 5 atom stereocenters. The lowest BCUT2D eigenvalue weighted by Crippen LogP contribution is -2.59. The van der Waals surface area contributed by atoms with Crippen LogP contribution in [0.15, 0.2) is 11.1 Å². The van der Waals surface area contributed by atoms with Crippen LogP contribution < -0.4 is 0 Å². The fourth-order valence-corrected chi connectivity index (χ4v) is 4.73. The Hall–Kier alpha value is -1.36. The maximum atomic E-state index is 12.0. The molecular weight excluding hydrogens is 284 g/mol. The number of aliphatic hydroxyl groups is 1. The van der Waals surface area contributed by atoms with Gasteiger partial charge < -0.3 is 14.6 Å². The fraction of sp³-hybridized carbons (Fsp3) is 0.765. The van der Waals surface area contributed by atoms with Crippen LogP contribution >= 0.6 is 0 Å². The lowest BCUT2D eigenvalue weighted by atomic mass is 9.52. The summed E-state index contributed by atoms with van der Waals surface area (Å²) in [5.41, 5.74) is 0.562. The van der Waals surface area contributed by atoms with Crippen LogP contribution in [0.25, 0.3) is 0 Å². The molecule has 0 bridgehead atoms. The summed E-state index contributed by atoms with van der Waals surface area (Å²) in [6, 6.07) is 0. The molecule has 2 aliphatic carbocycles. The van der Waals surface area contributed by atoms with Crippen molar-refractivity contribution in [1.82, 2.24) is 0 Å². The summed E-state index contributed by atoms with van der Waals surface area (Å²) in [4.78, 5) is 23.7. The summed E-state index contributed by atoms with van der Waals surface area (Å²) in [7, 11) is 0. The van der Waals surface area contributed by atoms with Crippen molar-refractivity contribution in [2.75, 3.05) is 0 Å². The molecule has 0 amide bonds. The highest BCUT2D eigenvalue weighted by Crippen LogP contribution is 2.60. The Balaban J connectivity index is 2.15. The second-order valence-electron chi connectivity index (χ2n) is 7.30. The van der Waals surface area contributed by atoms with Crippen molar-refractivity contribution in [2.45, 2.75) is 65.3 Å². The predicted octanol–water partition coefficient (Wildman–Crippen LogP) is 2.33. The highest BCUT2D eigenvalue weighted by molar-refractivity contribution is 5.92. The van der Waals surface area contributed by atoms with Crippen LogP contribution in [0, 0.1) is 17.3 Å². The molecule has 0 aromatic rings. The standard InChI is InChI=1S/C17H24O5/c1-9-6-5-7-12-8-17(20)13(10(2)15(19)22-17)14(16(9,12)4)21-11(3)18/h9,12,14,20H,5-8H2,1-4H3. The molecule has 0 radical (unpaired) electrons. The molecule has 122 valence electrons. The number of rotatable bonds is 1. The molecule has 0 spiro atoms. The van der Waals surface area contributed by atoms with Gasteiger partial charge in [-0.2, -0.15) is 0 Å². The van der Waals surface area contributed by atoms with E-state index in [1.165, 1.54) is 6.92 Å². The third kappa shape index (κ3) is 1.94. The van der Waals surface area contributed by atoms with Gasteiger partial charge in [0.1, 0.15) is 6.10 Å². The minimum Gasteiger partial charge on any atom is -0.457 e. The van der Waals surface area contributed by atoms with Crippen molar-refractivity contribution < 1.29 is 24.2 Å². The summed E-state index contributed by atoms with van der Waals surface area (Å²) < 4.78 is 10.9. The first kappa shape index (κ1) is 15.5. The van der Waals surface area contributed by atoms with Gasteiger partial charge in [-0.1, -0.05) is 26.7 Å². The van der Waals surface area contributed by atoms with Gasteiger partial charge in [-0.15, -0.1) is 0 Å². The second kappa shape index (κ2) is 4.82. The van der Waals surface area contributed by atoms with Gasteiger partial charge in [0.2, 0.25) is 5.79 Å². The summed E-state index contributed by atoms with van der Waals surface area (Å²) in [6.45, 7) is 7.30. The third-order valence-corrected chi connectivity index (χ3v) is 6.16. The van der Waals surface area contributed by atoms with Gasteiger partial charge in [0.25, 0.3) is 0 Å². The minimum atomic E-state index is -1.61. The number of hydrogen-bond acceptors (Lipinski definition) is 5. The molecule has 3 rings (SSSR count). The summed E-state index contributed by atoms with van der Waals surface area (Å²) in [6.07, 6.45) is 2.88. The van der Waals surface area contributed by atoms with Gasteiger partial charge in [-0.05, 0) is 25.2 Å². The molecule has 1 N–H and O–H groups in total. The molecule has 2 fully saturated rings. The van der Waals surface area contributed by atoms with Crippen LogP contribution in [0.1, 0.15) is 53.4 Å². The summed E-state index contributed by atoms with van der Waals surface area (Å²) >= 11 is 0. The average molecular weight is 308 g/mol. The average Bonchev–Trinajstić information content (AvgIpc) is 2.63. The van der Waals surface area contributed by atoms with Gasteiger partial charge in [0, 0.05) is 24.3 Å². The van der Waals surface area contributed by atoms with Crippen molar-refractivity contribution in [1.29, 1.82) is 0 Å². The molecule has 22 heavy (non-hydrogen) atoms. The number of carbonyl (C=O) groups excluding carboxylic acids is 2. The predicted molar refractivity (Wildman–Crippen MR) is 78.5 cm³/mol. The van der Waals surface area contributed by atoms with E-state index in [2.05, 4.69) is 13.8 Å². The van der Waals surface area contributed by atoms with Gasteiger partial charge in [-0.25, -0.2) is 4.79 Å². The van der Waals surface area contributed by atoms with Gasteiger partial charge >= 0.3 is 11.9 Å². The van der Waals surface area contributed by atoms with Crippen LogP contribution in [-0.4, -0.2) is 28.9 Å².